The van der Waals surface area contributed by atoms with E-state index in [-0.39, 0.29) is 27.3 Å². The van der Waals surface area contributed by atoms with Crippen LogP contribution in [0.4, 0.5) is 5.69 Å². The van der Waals surface area contributed by atoms with Crippen LogP contribution in [0.5, 0.6) is 0 Å². The van der Waals surface area contributed by atoms with E-state index in [1.54, 1.807) is 4.52 Å². The van der Waals surface area contributed by atoms with Crippen molar-refractivity contribution < 1.29 is 13.2 Å². The number of carbonyl (C=O) groups excluding carboxylic acids is 1. The smallest absolute Gasteiger partial charge is 0.253 e. The van der Waals surface area contributed by atoms with Gasteiger partial charge in [-0.2, -0.15) is 4.98 Å². The van der Waals surface area contributed by atoms with Gasteiger partial charge in [-0.05, 0) is 38.1 Å². The van der Waals surface area contributed by atoms with Gasteiger partial charge in [0.05, 0.1) is 21.4 Å². The maximum Gasteiger partial charge on any atom is 0.253 e. The molecule has 1 N–H and O–H groups in total. The lowest BCUT2D eigenvalue weighted by atomic mass is 10.3. The van der Waals surface area contributed by atoms with Crippen LogP contribution in [-0.4, -0.2) is 45.9 Å². The Morgan fingerprint density at radius 1 is 1.26 bits per heavy atom. The fourth-order valence-corrected chi connectivity index (χ4v) is 3.79. The molecule has 0 unspecified atom stereocenters. The van der Waals surface area contributed by atoms with Crippen molar-refractivity contribution in [1.82, 2.24) is 19.6 Å². The second kappa shape index (κ2) is 7.45. The van der Waals surface area contributed by atoms with Gasteiger partial charge >= 0.3 is 0 Å². The minimum absolute atomic E-state index is 0.0361. The number of anilines is 1. The standard InChI is InChI=1S/C16H16ClN5O3S2/c1-9-6-10(2)22-15(18-9)20-16(21-22)26-8-14(23)19-13-7-11(27(3,24)25)4-5-12(13)17/h4-7H,8H2,1-3H3,(H,19,23). The third kappa shape index (κ3) is 4.57. The molecule has 0 saturated heterocycles. The molecule has 1 aromatic carbocycles. The third-order valence-corrected chi connectivity index (χ3v) is 5.85. The van der Waals surface area contributed by atoms with Crippen molar-refractivity contribution in [2.75, 3.05) is 17.3 Å². The first-order valence-corrected chi connectivity index (χ1v) is 11.0. The summed E-state index contributed by atoms with van der Waals surface area (Å²) < 4.78 is 24.9. The van der Waals surface area contributed by atoms with Crippen LogP contribution in [0, 0.1) is 13.8 Å². The Morgan fingerprint density at radius 3 is 2.70 bits per heavy atom. The Bertz CT molecular complexity index is 1140. The summed E-state index contributed by atoms with van der Waals surface area (Å²) in [5, 5.41) is 7.60. The van der Waals surface area contributed by atoms with E-state index in [1.807, 2.05) is 19.9 Å². The topological polar surface area (TPSA) is 106 Å². The van der Waals surface area contributed by atoms with E-state index in [0.717, 1.165) is 29.4 Å². The lowest BCUT2D eigenvalue weighted by Crippen LogP contribution is -2.15. The number of thioether (sulfide) groups is 1. The van der Waals surface area contributed by atoms with Gasteiger partial charge in [-0.25, -0.2) is 17.9 Å². The predicted octanol–water partition coefficient (Wildman–Crippen LogP) is 2.53. The Balaban J connectivity index is 1.71. The van der Waals surface area contributed by atoms with Crippen LogP contribution < -0.4 is 5.32 Å². The maximum absolute atomic E-state index is 12.2. The molecule has 0 spiro atoms. The molecule has 1 amide bonds. The minimum Gasteiger partial charge on any atom is -0.324 e. The number of amides is 1. The van der Waals surface area contributed by atoms with Crippen molar-refractivity contribution in [3.63, 3.8) is 0 Å². The number of rotatable bonds is 5. The molecule has 0 radical (unpaired) electrons. The molecule has 0 aliphatic rings. The highest BCUT2D eigenvalue weighted by molar-refractivity contribution is 7.99. The molecule has 27 heavy (non-hydrogen) atoms. The number of nitrogens with one attached hydrogen (secondary N) is 1. The van der Waals surface area contributed by atoms with Gasteiger partial charge in [0.2, 0.25) is 11.1 Å². The Morgan fingerprint density at radius 2 is 2.00 bits per heavy atom. The molecule has 0 fully saturated rings. The van der Waals surface area contributed by atoms with Crippen molar-refractivity contribution >= 4 is 50.6 Å². The second-order valence-electron chi connectivity index (χ2n) is 5.90. The van der Waals surface area contributed by atoms with Crippen LogP contribution in [0.15, 0.2) is 34.3 Å². The maximum atomic E-state index is 12.2. The summed E-state index contributed by atoms with van der Waals surface area (Å²) in [6.07, 6.45) is 1.09. The van der Waals surface area contributed by atoms with Crippen molar-refractivity contribution in [2.45, 2.75) is 23.9 Å². The highest BCUT2D eigenvalue weighted by Gasteiger charge is 2.14. The van der Waals surface area contributed by atoms with E-state index in [9.17, 15) is 13.2 Å². The summed E-state index contributed by atoms with van der Waals surface area (Å²) in [7, 11) is -3.40. The molecule has 2 heterocycles. The summed E-state index contributed by atoms with van der Waals surface area (Å²) in [6.45, 7) is 3.77. The number of halogens is 1. The summed E-state index contributed by atoms with van der Waals surface area (Å²) in [5.41, 5.74) is 1.97. The predicted molar refractivity (Wildman–Crippen MR) is 104 cm³/mol. The zero-order valence-electron chi connectivity index (χ0n) is 14.7. The van der Waals surface area contributed by atoms with Crippen molar-refractivity contribution in [1.29, 1.82) is 0 Å². The van der Waals surface area contributed by atoms with Crippen molar-refractivity contribution in [3.8, 4) is 0 Å². The van der Waals surface area contributed by atoms with Crippen LogP contribution in [0.2, 0.25) is 5.02 Å². The van der Waals surface area contributed by atoms with E-state index in [2.05, 4.69) is 20.4 Å². The van der Waals surface area contributed by atoms with Gasteiger partial charge in [-0.15, -0.1) is 5.10 Å². The molecule has 3 aromatic rings. The number of sulfone groups is 1. The largest absolute Gasteiger partial charge is 0.324 e. The molecule has 0 atom stereocenters. The number of benzene rings is 1. The first-order valence-electron chi connectivity index (χ1n) is 7.77. The number of nitrogens with zero attached hydrogens (tertiary/aromatic N) is 4. The van der Waals surface area contributed by atoms with Crippen LogP contribution in [-0.2, 0) is 14.6 Å². The average Bonchev–Trinajstić information content (AvgIpc) is 2.97. The second-order valence-corrected chi connectivity index (χ2v) is 9.26. The first-order chi connectivity index (χ1) is 12.6. The number of hydrogen-bond donors (Lipinski definition) is 1. The normalized spacial score (nSPS) is 11.7. The molecule has 2 aromatic heterocycles. The van der Waals surface area contributed by atoms with E-state index in [0.29, 0.717) is 10.9 Å². The van der Waals surface area contributed by atoms with Crippen LogP contribution in [0.25, 0.3) is 5.78 Å². The molecular formula is C16H16ClN5O3S2. The van der Waals surface area contributed by atoms with Crippen LogP contribution in [0.1, 0.15) is 11.4 Å². The summed E-state index contributed by atoms with van der Waals surface area (Å²) in [4.78, 5) is 20.9. The Hall–Kier alpha value is -2.17. The van der Waals surface area contributed by atoms with Gasteiger partial charge in [0.15, 0.2) is 9.84 Å². The molecule has 3 rings (SSSR count). The van der Waals surface area contributed by atoms with Gasteiger partial charge in [0, 0.05) is 17.6 Å². The highest BCUT2D eigenvalue weighted by Crippen LogP contribution is 2.26. The monoisotopic (exact) mass is 425 g/mol. The summed E-state index contributed by atoms with van der Waals surface area (Å²) in [5.74, 6) is 0.153. The van der Waals surface area contributed by atoms with Gasteiger partial charge < -0.3 is 5.32 Å². The number of fused-ring (bicyclic) bond motifs is 1. The zero-order chi connectivity index (χ0) is 19.8. The molecule has 142 valence electrons. The molecule has 0 bridgehead atoms. The molecular weight excluding hydrogens is 410 g/mol. The molecule has 11 heteroatoms. The molecule has 0 aliphatic carbocycles. The van der Waals surface area contributed by atoms with E-state index < -0.39 is 9.84 Å². The molecule has 0 aliphatic heterocycles. The zero-order valence-corrected chi connectivity index (χ0v) is 17.1. The summed E-state index contributed by atoms with van der Waals surface area (Å²) >= 11 is 7.19. The van der Waals surface area contributed by atoms with E-state index in [4.69, 9.17) is 11.6 Å². The Labute approximate surface area is 165 Å². The van der Waals surface area contributed by atoms with Gasteiger partial charge in [0.25, 0.3) is 5.78 Å². The van der Waals surface area contributed by atoms with Gasteiger partial charge in [-0.3, -0.25) is 4.79 Å². The van der Waals surface area contributed by atoms with Gasteiger partial charge in [0.1, 0.15) is 0 Å². The molecule has 0 saturated carbocycles. The number of aromatic nitrogens is 4. The van der Waals surface area contributed by atoms with Crippen LogP contribution >= 0.6 is 23.4 Å². The number of aryl methyl sites for hydroxylation is 2. The van der Waals surface area contributed by atoms with Crippen LogP contribution in [0.3, 0.4) is 0 Å². The van der Waals surface area contributed by atoms with E-state index >= 15 is 0 Å². The number of hydrogen-bond acceptors (Lipinski definition) is 7. The minimum atomic E-state index is -3.40. The lowest BCUT2D eigenvalue weighted by molar-refractivity contribution is -0.113. The van der Waals surface area contributed by atoms with Gasteiger partial charge in [-0.1, -0.05) is 23.4 Å². The fourth-order valence-electron chi connectivity index (χ4n) is 2.36. The number of carbonyl (C=O) groups is 1. The van der Waals surface area contributed by atoms with Crippen molar-refractivity contribution in [2.24, 2.45) is 0 Å². The average molecular weight is 426 g/mol. The van der Waals surface area contributed by atoms with Crippen molar-refractivity contribution in [3.05, 3.63) is 40.7 Å². The first kappa shape index (κ1) is 19.6. The SMILES string of the molecule is Cc1cc(C)n2nc(SCC(=O)Nc3cc(S(C)(=O)=O)ccc3Cl)nc2n1. The highest BCUT2D eigenvalue weighted by atomic mass is 35.5. The summed E-state index contributed by atoms with van der Waals surface area (Å²) in [6, 6.07) is 6.04. The quantitative estimate of drug-likeness (QED) is 0.626. The Kier molecular flexibility index (Phi) is 5.41. The third-order valence-electron chi connectivity index (χ3n) is 3.57. The fraction of sp³-hybridized carbons (Fsp3) is 0.250. The molecule has 8 nitrogen and oxygen atoms in total. The lowest BCUT2D eigenvalue weighted by Gasteiger charge is -2.08. The van der Waals surface area contributed by atoms with E-state index in [1.165, 1.54) is 18.2 Å².